The number of nitrogens with zero attached hydrogens (tertiary/aromatic N) is 3. The van der Waals surface area contributed by atoms with Crippen LogP contribution in [0.25, 0.3) is 0 Å². The summed E-state index contributed by atoms with van der Waals surface area (Å²) in [5.74, 6) is -0.359. The first-order valence-corrected chi connectivity index (χ1v) is 7.42. The van der Waals surface area contributed by atoms with Crippen LogP contribution in [0, 0.1) is 0 Å². The number of amides is 2. The molecule has 0 aromatic carbocycles. The molecular formula is C14H26N6O2. The van der Waals surface area contributed by atoms with Gasteiger partial charge in [-0.25, -0.2) is 0 Å². The number of hydrogen-bond acceptors (Lipinski definition) is 5. The van der Waals surface area contributed by atoms with Gasteiger partial charge in [0, 0.05) is 19.3 Å². The second-order valence-corrected chi connectivity index (χ2v) is 5.46. The lowest BCUT2D eigenvalue weighted by atomic mass is 10.2. The molecule has 1 unspecified atom stereocenters. The summed E-state index contributed by atoms with van der Waals surface area (Å²) in [6.45, 7) is 3.45. The van der Waals surface area contributed by atoms with Gasteiger partial charge in [-0.1, -0.05) is 13.3 Å². The molecule has 0 radical (unpaired) electrons. The highest BCUT2D eigenvalue weighted by Crippen LogP contribution is 2.06. The maximum absolute atomic E-state index is 11.8. The summed E-state index contributed by atoms with van der Waals surface area (Å²) in [6, 6.07) is -0.525. The summed E-state index contributed by atoms with van der Waals surface area (Å²) in [7, 11) is 3.88. The molecule has 0 fully saturated rings. The van der Waals surface area contributed by atoms with Crippen LogP contribution in [0.5, 0.6) is 0 Å². The molecule has 0 saturated carbocycles. The third-order valence-electron chi connectivity index (χ3n) is 3.02. The standard InChI is InChI=1S/C14H26N6O2/c1-4-5-12(15)14(22)18-11-8-17-20(9-11)10-13(21)16-6-7-19(2)3/h8-9,12H,4-7,10,15H2,1-3H3,(H,16,21)(H,18,22). The van der Waals surface area contributed by atoms with E-state index in [2.05, 4.69) is 15.7 Å². The molecular weight excluding hydrogens is 284 g/mol. The maximum Gasteiger partial charge on any atom is 0.241 e. The van der Waals surface area contributed by atoms with E-state index in [9.17, 15) is 9.59 Å². The zero-order valence-electron chi connectivity index (χ0n) is 13.5. The van der Waals surface area contributed by atoms with Crippen molar-refractivity contribution in [1.29, 1.82) is 0 Å². The Morgan fingerprint density at radius 3 is 2.82 bits per heavy atom. The lowest BCUT2D eigenvalue weighted by Crippen LogP contribution is -2.35. The molecule has 0 aliphatic carbocycles. The zero-order chi connectivity index (χ0) is 16.5. The Hall–Kier alpha value is -1.93. The number of aromatic nitrogens is 2. The number of hydrogen-bond donors (Lipinski definition) is 3. The van der Waals surface area contributed by atoms with E-state index in [1.165, 1.54) is 10.9 Å². The van der Waals surface area contributed by atoms with Gasteiger partial charge in [-0.15, -0.1) is 0 Å². The molecule has 8 heteroatoms. The first kappa shape index (κ1) is 18.1. The Morgan fingerprint density at radius 1 is 1.45 bits per heavy atom. The predicted octanol–water partition coefficient (Wildman–Crippen LogP) is -0.373. The van der Waals surface area contributed by atoms with Crippen molar-refractivity contribution in [2.24, 2.45) is 5.73 Å². The Labute approximate surface area is 131 Å². The van der Waals surface area contributed by atoms with Crippen molar-refractivity contribution in [2.45, 2.75) is 32.4 Å². The summed E-state index contributed by atoms with van der Waals surface area (Å²) in [5, 5.41) is 9.54. The minimum Gasteiger partial charge on any atom is -0.353 e. The third-order valence-corrected chi connectivity index (χ3v) is 3.02. The Morgan fingerprint density at radius 2 is 2.18 bits per heavy atom. The summed E-state index contributed by atoms with van der Waals surface area (Å²) >= 11 is 0. The fraction of sp³-hybridized carbons (Fsp3) is 0.643. The van der Waals surface area contributed by atoms with Gasteiger partial charge in [-0.05, 0) is 20.5 Å². The van der Waals surface area contributed by atoms with E-state index in [1.54, 1.807) is 6.20 Å². The van der Waals surface area contributed by atoms with Crippen LogP contribution < -0.4 is 16.4 Å². The minimum absolute atomic E-state index is 0.115. The number of anilines is 1. The van der Waals surface area contributed by atoms with Crippen molar-refractivity contribution >= 4 is 17.5 Å². The van der Waals surface area contributed by atoms with E-state index in [0.717, 1.165) is 13.0 Å². The Balaban J connectivity index is 2.40. The maximum atomic E-state index is 11.8. The van der Waals surface area contributed by atoms with Crippen LogP contribution in [-0.4, -0.2) is 59.7 Å². The molecule has 4 N–H and O–H groups in total. The number of nitrogens with two attached hydrogens (primary N) is 1. The van der Waals surface area contributed by atoms with E-state index in [-0.39, 0.29) is 18.4 Å². The quantitative estimate of drug-likeness (QED) is 0.577. The summed E-state index contributed by atoms with van der Waals surface area (Å²) in [6.07, 6.45) is 4.60. The molecule has 8 nitrogen and oxygen atoms in total. The summed E-state index contributed by atoms with van der Waals surface area (Å²) in [5.41, 5.74) is 6.27. The van der Waals surface area contributed by atoms with E-state index in [0.29, 0.717) is 18.7 Å². The van der Waals surface area contributed by atoms with Gasteiger partial charge in [0.25, 0.3) is 0 Å². The number of likely N-dealkylation sites (N-methyl/N-ethyl adjacent to an activating group) is 1. The van der Waals surface area contributed by atoms with Gasteiger partial charge in [0.15, 0.2) is 0 Å². The van der Waals surface area contributed by atoms with Gasteiger partial charge >= 0.3 is 0 Å². The van der Waals surface area contributed by atoms with Crippen LogP contribution in [0.4, 0.5) is 5.69 Å². The Kier molecular flexibility index (Phi) is 7.55. The molecule has 1 aromatic rings. The van der Waals surface area contributed by atoms with Crippen LogP contribution >= 0.6 is 0 Å². The molecule has 0 bridgehead atoms. The second-order valence-electron chi connectivity index (χ2n) is 5.46. The summed E-state index contributed by atoms with van der Waals surface area (Å²) in [4.78, 5) is 25.5. The van der Waals surface area contributed by atoms with Crippen LogP contribution in [0.1, 0.15) is 19.8 Å². The SMILES string of the molecule is CCCC(N)C(=O)Nc1cnn(CC(=O)NCCN(C)C)c1. The molecule has 0 aliphatic heterocycles. The van der Waals surface area contributed by atoms with Gasteiger partial charge in [-0.2, -0.15) is 5.10 Å². The third kappa shape index (κ3) is 6.68. The lowest BCUT2D eigenvalue weighted by Gasteiger charge is -2.10. The highest BCUT2D eigenvalue weighted by molar-refractivity contribution is 5.94. The van der Waals surface area contributed by atoms with Crippen molar-refractivity contribution < 1.29 is 9.59 Å². The van der Waals surface area contributed by atoms with Crippen molar-refractivity contribution in [2.75, 3.05) is 32.5 Å². The lowest BCUT2D eigenvalue weighted by molar-refractivity contribution is -0.122. The van der Waals surface area contributed by atoms with Gasteiger partial charge in [-0.3, -0.25) is 14.3 Å². The van der Waals surface area contributed by atoms with Crippen molar-refractivity contribution in [3.63, 3.8) is 0 Å². The van der Waals surface area contributed by atoms with Gasteiger partial charge in [0.1, 0.15) is 6.54 Å². The molecule has 2 amide bonds. The minimum atomic E-state index is -0.525. The number of nitrogens with one attached hydrogen (secondary N) is 2. The van der Waals surface area contributed by atoms with E-state index < -0.39 is 6.04 Å². The van der Waals surface area contributed by atoms with Gasteiger partial charge < -0.3 is 21.3 Å². The molecule has 0 aliphatic rings. The molecule has 124 valence electrons. The molecule has 0 spiro atoms. The highest BCUT2D eigenvalue weighted by atomic mass is 16.2. The fourth-order valence-electron chi connectivity index (χ4n) is 1.81. The molecule has 1 atom stereocenters. The fourth-order valence-corrected chi connectivity index (χ4v) is 1.81. The average molecular weight is 310 g/mol. The van der Waals surface area contributed by atoms with Crippen molar-refractivity contribution in [1.82, 2.24) is 20.0 Å². The largest absolute Gasteiger partial charge is 0.353 e. The van der Waals surface area contributed by atoms with Crippen molar-refractivity contribution in [3.8, 4) is 0 Å². The van der Waals surface area contributed by atoms with Gasteiger partial charge in [0.05, 0.1) is 17.9 Å². The number of carbonyl (C=O) groups is 2. The molecule has 1 rings (SSSR count). The van der Waals surface area contributed by atoms with Crippen molar-refractivity contribution in [3.05, 3.63) is 12.4 Å². The van der Waals surface area contributed by atoms with Crippen LogP contribution in [0.2, 0.25) is 0 Å². The van der Waals surface area contributed by atoms with Crippen LogP contribution in [0.15, 0.2) is 12.4 Å². The van der Waals surface area contributed by atoms with Crippen LogP contribution in [0.3, 0.4) is 0 Å². The second kappa shape index (κ2) is 9.16. The zero-order valence-corrected chi connectivity index (χ0v) is 13.5. The molecule has 1 aromatic heterocycles. The van der Waals surface area contributed by atoms with Gasteiger partial charge in [0.2, 0.25) is 11.8 Å². The molecule has 22 heavy (non-hydrogen) atoms. The predicted molar refractivity (Wildman–Crippen MR) is 85.3 cm³/mol. The van der Waals surface area contributed by atoms with Crippen LogP contribution in [-0.2, 0) is 16.1 Å². The average Bonchev–Trinajstić information content (AvgIpc) is 2.85. The first-order valence-electron chi connectivity index (χ1n) is 7.42. The number of carbonyl (C=O) groups excluding carboxylic acids is 2. The van der Waals surface area contributed by atoms with E-state index >= 15 is 0 Å². The molecule has 1 heterocycles. The first-order chi connectivity index (χ1) is 10.4. The summed E-state index contributed by atoms with van der Waals surface area (Å²) < 4.78 is 1.48. The smallest absolute Gasteiger partial charge is 0.241 e. The monoisotopic (exact) mass is 310 g/mol. The topological polar surface area (TPSA) is 105 Å². The number of rotatable bonds is 9. The highest BCUT2D eigenvalue weighted by Gasteiger charge is 2.13. The van der Waals surface area contributed by atoms with E-state index in [1.807, 2.05) is 25.9 Å². The van der Waals surface area contributed by atoms with E-state index in [4.69, 9.17) is 5.73 Å². The normalized spacial score (nSPS) is 12.2. The Bertz CT molecular complexity index is 485. The molecule has 0 saturated heterocycles.